The minimum absolute atomic E-state index is 0.134. The Morgan fingerprint density at radius 1 is 1.45 bits per heavy atom. The van der Waals surface area contributed by atoms with E-state index in [-0.39, 0.29) is 16.7 Å². The highest BCUT2D eigenvalue weighted by molar-refractivity contribution is 6.32. The molecule has 1 atom stereocenters. The first-order valence-corrected chi connectivity index (χ1v) is 7.22. The van der Waals surface area contributed by atoms with Crippen LogP contribution in [-0.2, 0) is 11.2 Å². The van der Waals surface area contributed by atoms with Gasteiger partial charge in [-0.1, -0.05) is 17.7 Å². The number of aromatic nitrogens is 1. The zero-order valence-electron chi connectivity index (χ0n) is 12.1. The molecule has 0 aliphatic heterocycles. The molecule has 0 bridgehead atoms. The summed E-state index contributed by atoms with van der Waals surface area (Å²) in [7, 11) is 0. The van der Waals surface area contributed by atoms with Gasteiger partial charge in [0.2, 0.25) is 0 Å². The van der Waals surface area contributed by atoms with Crippen molar-refractivity contribution in [3.05, 3.63) is 59.1 Å². The largest absolute Gasteiger partial charge is 0.479 e. The van der Waals surface area contributed by atoms with Crippen molar-refractivity contribution in [3.63, 3.8) is 0 Å². The topological polar surface area (TPSA) is 51.2 Å². The summed E-state index contributed by atoms with van der Waals surface area (Å²) in [6.07, 6.45) is 3.41. The van der Waals surface area contributed by atoms with Crippen LogP contribution in [0.3, 0.4) is 0 Å². The molecule has 1 amide bonds. The maximum Gasteiger partial charge on any atom is 0.260 e. The van der Waals surface area contributed by atoms with Crippen LogP contribution in [0.2, 0.25) is 5.02 Å². The second-order valence-electron chi connectivity index (χ2n) is 4.74. The summed E-state index contributed by atoms with van der Waals surface area (Å²) in [5.74, 6) is -0.437. The number of amides is 1. The van der Waals surface area contributed by atoms with Crippen molar-refractivity contribution in [2.24, 2.45) is 0 Å². The number of nitrogens with one attached hydrogen (secondary N) is 1. The molecule has 6 heteroatoms. The quantitative estimate of drug-likeness (QED) is 0.889. The van der Waals surface area contributed by atoms with Crippen molar-refractivity contribution < 1.29 is 13.9 Å². The number of benzene rings is 1. The van der Waals surface area contributed by atoms with Crippen LogP contribution in [0.25, 0.3) is 0 Å². The monoisotopic (exact) mass is 322 g/mol. The minimum atomic E-state index is -0.725. The summed E-state index contributed by atoms with van der Waals surface area (Å²) in [6, 6.07) is 7.56. The van der Waals surface area contributed by atoms with Crippen LogP contribution >= 0.6 is 11.6 Å². The van der Waals surface area contributed by atoms with E-state index in [1.54, 1.807) is 19.3 Å². The normalized spacial score (nSPS) is 11.8. The van der Waals surface area contributed by atoms with Crippen molar-refractivity contribution in [2.75, 3.05) is 6.54 Å². The molecule has 1 aromatic heterocycles. The summed E-state index contributed by atoms with van der Waals surface area (Å²) in [5, 5.41) is 2.91. The molecule has 116 valence electrons. The number of carbonyl (C=O) groups is 1. The van der Waals surface area contributed by atoms with Gasteiger partial charge in [0.15, 0.2) is 6.10 Å². The summed E-state index contributed by atoms with van der Waals surface area (Å²) < 4.78 is 18.4. The Bertz CT molecular complexity index is 637. The minimum Gasteiger partial charge on any atom is -0.479 e. The van der Waals surface area contributed by atoms with Crippen LogP contribution in [0.15, 0.2) is 42.7 Å². The Labute approximate surface area is 133 Å². The number of hydrogen-bond donors (Lipinski definition) is 1. The van der Waals surface area contributed by atoms with Crippen LogP contribution < -0.4 is 10.1 Å². The first kappa shape index (κ1) is 16.2. The molecule has 0 saturated heterocycles. The molecule has 0 saturated carbocycles. The van der Waals surface area contributed by atoms with Gasteiger partial charge in [0, 0.05) is 18.9 Å². The molecule has 0 fully saturated rings. The zero-order valence-corrected chi connectivity index (χ0v) is 12.8. The smallest absolute Gasteiger partial charge is 0.260 e. The van der Waals surface area contributed by atoms with Crippen molar-refractivity contribution in [2.45, 2.75) is 19.4 Å². The van der Waals surface area contributed by atoms with Crippen LogP contribution in [0, 0.1) is 5.82 Å². The van der Waals surface area contributed by atoms with E-state index in [0.717, 1.165) is 11.6 Å². The van der Waals surface area contributed by atoms with E-state index in [2.05, 4.69) is 10.3 Å². The third-order valence-electron chi connectivity index (χ3n) is 3.00. The Morgan fingerprint density at radius 3 is 2.95 bits per heavy atom. The third-order valence-corrected chi connectivity index (χ3v) is 3.30. The fourth-order valence-corrected chi connectivity index (χ4v) is 2.05. The maximum atomic E-state index is 12.9. The van der Waals surface area contributed by atoms with Gasteiger partial charge in [0.25, 0.3) is 5.91 Å². The first-order valence-electron chi connectivity index (χ1n) is 6.84. The van der Waals surface area contributed by atoms with E-state index in [1.807, 2.05) is 12.1 Å². The van der Waals surface area contributed by atoms with E-state index in [0.29, 0.717) is 13.0 Å². The van der Waals surface area contributed by atoms with Crippen LogP contribution in [-0.4, -0.2) is 23.5 Å². The molecule has 0 spiro atoms. The lowest BCUT2D eigenvalue weighted by atomic mass is 10.2. The molecule has 0 aliphatic carbocycles. The van der Waals surface area contributed by atoms with E-state index < -0.39 is 11.9 Å². The molecular formula is C16H16ClFN2O2. The van der Waals surface area contributed by atoms with Gasteiger partial charge in [-0.2, -0.15) is 0 Å². The fraction of sp³-hybridized carbons (Fsp3) is 0.250. The summed E-state index contributed by atoms with van der Waals surface area (Å²) in [6.45, 7) is 2.09. The van der Waals surface area contributed by atoms with E-state index >= 15 is 0 Å². The molecule has 2 rings (SSSR count). The van der Waals surface area contributed by atoms with Crippen molar-refractivity contribution in [1.29, 1.82) is 0 Å². The molecular weight excluding hydrogens is 307 g/mol. The number of hydrogen-bond acceptors (Lipinski definition) is 3. The highest BCUT2D eigenvalue weighted by Gasteiger charge is 2.15. The number of rotatable bonds is 6. The van der Waals surface area contributed by atoms with Crippen LogP contribution in [0.4, 0.5) is 4.39 Å². The average Bonchev–Trinajstić information content (AvgIpc) is 2.51. The standard InChI is InChI=1S/C16H16ClFN2O2/c1-11(22-15-5-4-13(18)9-14(15)17)16(21)20-8-6-12-3-2-7-19-10-12/h2-5,7,9-11H,6,8H2,1H3,(H,20,21)/t11-/m0/s1. The molecule has 22 heavy (non-hydrogen) atoms. The second-order valence-corrected chi connectivity index (χ2v) is 5.14. The third kappa shape index (κ3) is 4.70. The summed E-state index contributed by atoms with van der Waals surface area (Å²) in [5.41, 5.74) is 1.04. The predicted molar refractivity (Wildman–Crippen MR) is 82.5 cm³/mol. The molecule has 1 heterocycles. The number of carbonyl (C=O) groups excluding carboxylic acids is 1. The number of nitrogens with zero attached hydrogens (tertiary/aromatic N) is 1. The Kier molecular flexibility index (Phi) is 5.72. The van der Waals surface area contributed by atoms with Gasteiger partial charge in [-0.15, -0.1) is 0 Å². The van der Waals surface area contributed by atoms with Gasteiger partial charge in [0.1, 0.15) is 11.6 Å². The second kappa shape index (κ2) is 7.75. The Balaban J connectivity index is 1.82. The maximum absolute atomic E-state index is 12.9. The van der Waals surface area contributed by atoms with Gasteiger partial charge < -0.3 is 10.1 Å². The predicted octanol–water partition coefficient (Wildman–Crippen LogP) is 3.00. The van der Waals surface area contributed by atoms with Crippen molar-refractivity contribution in [1.82, 2.24) is 10.3 Å². The number of halogens is 2. The molecule has 2 aromatic rings. The Hall–Kier alpha value is -2.14. The van der Waals surface area contributed by atoms with Crippen LogP contribution in [0.1, 0.15) is 12.5 Å². The summed E-state index contributed by atoms with van der Waals surface area (Å²) >= 11 is 5.86. The fourth-order valence-electron chi connectivity index (χ4n) is 1.83. The van der Waals surface area contributed by atoms with Gasteiger partial charge >= 0.3 is 0 Å². The molecule has 4 nitrogen and oxygen atoms in total. The highest BCUT2D eigenvalue weighted by atomic mass is 35.5. The van der Waals surface area contributed by atoms with Crippen LogP contribution in [0.5, 0.6) is 5.75 Å². The lowest BCUT2D eigenvalue weighted by Crippen LogP contribution is -2.37. The molecule has 1 aromatic carbocycles. The SMILES string of the molecule is C[C@H](Oc1ccc(F)cc1Cl)C(=O)NCCc1cccnc1. The number of pyridine rings is 1. The van der Waals surface area contributed by atoms with E-state index in [9.17, 15) is 9.18 Å². The van der Waals surface area contributed by atoms with E-state index in [1.165, 1.54) is 12.1 Å². The number of ether oxygens (including phenoxy) is 1. The molecule has 0 aliphatic rings. The van der Waals surface area contributed by atoms with Crippen molar-refractivity contribution >= 4 is 17.5 Å². The molecule has 0 radical (unpaired) electrons. The zero-order chi connectivity index (χ0) is 15.9. The average molecular weight is 323 g/mol. The van der Waals surface area contributed by atoms with Gasteiger partial charge in [-0.3, -0.25) is 9.78 Å². The lowest BCUT2D eigenvalue weighted by molar-refractivity contribution is -0.127. The Morgan fingerprint density at radius 2 is 2.27 bits per heavy atom. The van der Waals surface area contributed by atoms with Crippen molar-refractivity contribution in [3.8, 4) is 5.75 Å². The summed E-state index contributed by atoms with van der Waals surface area (Å²) in [4.78, 5) is 16.0. The van der Waals surface area contributed by atoms with Gasteiger partial charge in [-0.05, 0) is 43.2 Å². The van der Waals surface area contributed by atoms with E-state index in [4.69, 9.17) is 16.3 Å². The highest BCUT2D eigenvalue weighted by Crippen LogP contribution is 2.25. The lowest BCUT2D eigenvalue weighted by Gasteiger charge is -2.15. The first-order chi connectivity index (χ1) is 10.6. The molecule has 1 N–H and O–H groups in total. The van der Waals surface area contributed by atoms with Gasteiger partial charge in [-0.25, -0.2) is 4.39 Å². The van der Waals surface area contributed by atoms with Gasteiger partial charge in [0.05, 0.1) is 5.02 Å². The molecule has 0 unspecified atom stereocenters.